The number of ether oxygens (including phenoxy) is 3. The number of nitrogens with two attached hydrogens (primary N) is 3. The molecule has 35 nitrogen and oxygen atoms in total. The Morgan fingerprint density at radius 2 is 1.27 bits per heavy atom. The van der Waals surface area contributed by atoms with Gasteiger partial charge in [-0.1, -0.05) is 58.9 Å². The quantitative estimate of drug-likeness (QED) is 0.00687. The summed E-state index contributed by atoms with van der Waals surface area (Å²) < 4.78 is 31.7. The molecule has 11 rings (SSSR count). The van der Waals surface area contributed by atoms with Crippen molar-refractivity contribution in [2.75, 3.05) is 47.3 Å². The van der Waals surface area contributed by atoms with Gasteiger partial charge in [0, 0.05) is 44.6 Å². The fourth-order valence-corrected chi connectivity index (χ4v) is 14.9. The first kappa shape index (κ1) is 78.5. The number of esters is 1. The Balaban J connectivity index is 0.000000210. The van der Waals surface area contributed by atoms with E-state index in [9.17, 15) is 48.3 Å². The van der Waals surface area contributed by atoms with E-state index in [-0.39, 0.29) is 120 Å². The predicted octanol–water partition coefficient (Wildman–Crippen LogP) is -1.98. The van der Waals surface area contributed by atoms with Crippen LogP contribution >= 0.6 is 69.2 Å². The first-order valence-corrected chi connectivity index (χ1v) is 36.0. The number of pyridine rings is 2. The number of primary amides is 2. The highest BCUT2D eigenvalue weighted by molar-refractivity contribution is 14.1. The lowest BCUT2D eigenvalue weighted by Gasteiger charge is -2.50. The first-order valence-electron chi connectivity index (χ1n) is 30.8. The van der Waals surface area contributed by atoms with Gasteiger partial charge >= 0.3 is 23.4 Å². The van der Waals surface area contributed by atoms with Gasteiger partial charge in [-0.15, -0.1) is 23.5 Å². The molecule has 9 N–H and O–H groups in total. The fraction of sp³-hybridized carbons (Fsp3) is 0.393. The topological polar surface area (TPSA) is 463 Å². The minimum absolute atomic E-state index is 0. The number of fused-ring (bicyclic) bond motifs is 4. The number of anilines is 2. The number of carboxylic acid groups (broad SMARTS) is 1. The zero-order valence-corrected chi connectivity index (χ0v) is 63.5. The molecule has 542 valence electrons. The number of halogens is 2. The van der Waals surface area contributed by atoms with Crippen molar-refractivity contribution >= 4 is 167 Å². The molecule has 2 saturated heterocycles. The van der Waals surface area contributed by atoms with Crippen molar-refractivity contribution in [2.24, 2.45) is 27.7 Å². The van der Waals surface area contributed by atoms with Gasteiger partial charge in [-0.3, -0.25) is 53.0 Å². The minimum atomic E-state index is -1.52. The second-order valence-electron chi connectivity index (χ2n) is 23.5. The summed E-state index contributed by atoms with van der Waals surface area (Å²) in [6.45, 7) is 14.3. The third-order valence-corrected chi connectivity index (χ3v) is 19.3. The second-order valence-corrected chi connectivity index (χ2v) is 28.0. The molecule has 4 atom stereocenters. The van der Waals surface area contributed by atoms with Crippen molar-refractivity contribution in [1.29, 1.82) is 0 Å². The number of oxime groups is 2. The van der Waals surface area contributed by atoms with Crippen LogP contribution in [0.25, 0.3) is 22.3 Å². The van der Waals surface area contributed by atoms with E-state index in [1.807, 2.05) is 18.3 Å². The van der Waals surface area contributed by atoms with Gasteiger partial charge in [-0.2, -0.15) is 18.7 Å². The molecule has 7 amide bonds. The summed E-state index contributed by atoms with van der Waals surface area (Å²) in [5.41, 5.74) is 19.7. The van der Waals surface area contributed by atoms with Crippen molar-refractivity contribution in [3.8, 4) is 5.75 Å². The number of amides is 7. The van der Waals surface area contributed by atoms with E-state index in [2.05, 4.69) is 96.0 Å². The van der Waals surface area contributed by atoms with Crippen molar-refractivity contribution < 1.29 is 105 Å². The van der Waals surface area contributed by atoms with Crippen LogP contribution in [0.15, 0.2) is 106 Å². The lowest BCUT2D eigenvalue weighted by Crippen LogP contribution is -3.00. The standard InChI is InChI=1S/C27H31IN6O8S2.C22H22N10O6S2.C12H16N4O.HI/c1-6-41-32-17(20-30-25(44-33-20)31-26(38)42-27(2,3)4)21(35)29-18-22(36)34-19(15(11-28)13-43-23(18)34)24(37)40-12-14-7-9-16(39-5)10-8-14;1-2-38-28-13(16-27-22(24)40-29-16)18(34)26-14-19(35)32-15(21(36)37)10(8-39-20(14)32)6-30-5-3-4-11-17(30)25-9-31(11)7-12(23)33;1-9(2)6-15-5-3-4-10-12(15)14-8-16(10)7-11(13)17;/h7-10,18,23H,6,11-13H2,1-5H3,(H,29,35)(H,30,31,33,38);3-5,9,14,20H,2,6-8H2,1H3,(H5-,23,24,26,27,29,33,34,36,37);3-5,8-9H,6-7H2,1-2H3,(H-,13,17);1H/b32-17-;28-13-;;. The minimum Gasteiger partial charge on any atom is -1.00 e. The van der Waals surface area contributed by atoms with Gasteiger partial charge in [0.05, 0.1) is 37.7 Å². The maximum atomic E-state index is 13.3. The second kappa shape index (κ2) is 35.1. The Labute approximate surface area is 629 Å². The molecule has 4 aliphatic rings. The molecule has 102 heavy (non-hydrogen) atoms. The highest BCUT2D eigenvalue weighted by Gasteiger charge is 2.56. The lowest BCUT2D eigenvalue weighted by atomic mass is 10.0. The van der Waals surface area contributed by atoms with E-state index >= 15 is 0 Å². The van der Waals surface area contributed by atoms with E-state index in [4.69, 9.17) is 41.1 Å². The molecule has 4 unspecified atom stereocenters. The van der Waals surface area contributed by atoms with Crippen LogP contribution in [0.2, 0.25) is 0 Å². The van der Waals surface area contributed by atoms with Crippen molar-refractivity contribution in [1.82, 2.24) is 58.3 Å². The maximum absolute atomic E-state index is 13.3. The molecule has 0 aliphatic carbocycles. The van der Waals surface area contributed by atoms with Gasteiger partial charge in [0.1, 0.15) is 90.4 Å². The molecule has 0 bridgehead atoms. The Kier molecular flexibility index (Phi) is 27.0. The molecule has 0 spiro atoms. The summed E-state index contributed by atoms with van der Waals surface area (Å²) in [5, 5.41) is 26.5. The zero-order valence-electron chi connectivity index (χ0n) is 55.9. The van der Waals surface area contributed by atoms with Crippen LogP contribution in [0.5, 0.6) is 5.75 Å². The fourth-order valence-electron chi connectivity index (χ4n) is 10.3. The number of methoxy groups -OCH3 is 1. The van der Waals surface area contributed by atoms with Crippen molar-refractivity contribution in [2.45, 2.75) is 110 Å². The number of hydrogen-bond acceptors (Lipinski definition) is 28. The van der Waals surface area contributed by atoms with Gasteiger partial charge in [0.15, 0.2) is 5.13 Å². The molecule has 7 aromatic rings. The third-order valence-electron chi connectivity index (χ3n) is 14.5. The first-order chi connectivity index (χ1) is 48.2. The average molecular weight is 1710 g/mol. The van der Waals surface area contributed by atoms with E-state index in [0.29, 0.717) is 38.6 Å². The number of nitrogen functional groups attached to an aromatic ring is 1. The summed E-state index contributed by atoms with van der Waals surface area (Å²) in [6.07, 6.45) is 6.10. The summed E-state index contributed by atoms with van der Waals surface area (Å²) in [4.78, 5) is 142. The van der Waals surface area contributed by atoms with E-state index in [0.717, 1.165) is 56.8 Å². The Bertz CT molecular complexity index is 4460. The Morgan fingerprint density at radius 1 is 0.755 bits per heavy atom. The Hall–Kier alpha value is -9.21. The lowest BCUT2D eigenvalue weighted by molar-refractivity contribution is -0.678. The molecule has 2 fully saturated rings. The van der Waals surface area contributed by atoms with Crippen LogP contribution in [0.1, 0.15) is 65.7 Å². The van der Waals surface area contributed by atoms with Gasteiger partial charge in [0.2, 0.25) is 52.7 Å². The van der Waals surface area contributed by atoms with Gasteiger partial charge in [0.25, 0.3) is 23.6 Å². The molecular weight excluding hydrogens is 1630 g/mol. The third kappa shape index (κ3) is 18.9. The molecule has 10 heterocycles. The smallest absolute Gasteiger partial charge is 0.414 e. The number of aromatic nitrogens is 10. The highest BCUT2D eigenvalue weighted by Crippen LogP contribution is 2.42. The van der Waals surface area contributed by atoms with Crippen LogP contribution in [0.3, 0.4) is 0 Å². The summed E-state index contributed by atoms with van der Waals surface area (Å²) in [6, 6.07) is 12.5. The monoisotopic (exact) mass is 1700 g/mol. The van der Waals surface area contributed by atoms with Crippen LogP contribution in [0.4, 0.5) is 15.1 Å². The van der Waals surface area contributed by atoms with Crippen LogP contribution in [0, 0.1) is 5.92 Å². The van der Waals surface area contributed by atoms with Gasteiger partial charge in [-0.05, 0) is 98.0 Å². The number of thioether (sulfide) groups is 2. The van der Waals surface area contributed by atoms with Crippen LogP contribution in [-0.2, 0) is 90.3 Å². The van der Waals surface area contributed by atoms with E-state index < -0.39 is 76.0 Å². The van der Waals surface area contributed by atoms with Crippen molar-refractivity contribution in [3.05, 3.63) is 113 Å². The average Bonchev–Trinajstić information content (AvgIpc) is 1.06. The number of nitrogens with one attached hydrogen (secondary N) is 3. The number of imidazole rings is 2. The molecule has 0 saturated carbocycles. The number of β-lactam (4-membered cyclic amide) rings is 2. The van der Waals surface area contributed by atoms with E-state index in [1.54, 1.807) is 104 Å². The number of benzene rings is 1. The number of alkyl halides is 1. The van der Waals surface area contributed by atoms with E-state index in [1.165, 1.54) is 34.8 Å². The normalized spacial score (nSPS) is 17.1. The van der Waals surface area contributed by atoms with Gasteiger partial charge < -0.3 is 85.6 Å². The summed E-state index contributed by atoms with van der Waals surface area (Å²) >= 11 is 6.53. The number of carbonyl (C=O) groups excluding carboxylic acids is 9. The predicted molar refractivity (Wildman–Crippen MR) is 374 cm³/mol. The van der Waals surface area contributed by atoms with Gasteiger partial charge in [-0.25, -0.2) is 18.7 Å². The molecule has 41 heteroatoms. The van der Waals surface area contributed by atoms with Crippen LogP contribution < -0.4 is 76.1 Å². The Morgan fingerprint density at radius 3 is 1.76 bits per heavy atom. The van der Waals surface area contributed by atoms with Crippen molar-refractivity contribution in [3.63, 3.8) is 0 Å². The SMILES string of the molecule is CC(C)C[n+]1cccc2c1ncn2CC(N)=O.CCO/N=C(\C(=O)NC1C(=O)N2C(C(=O)OCc3ccc(OC)cc3)=C(CI)CSC12)c1nsc(NC(=O)OC(C)(C)C)n1.CCO/N=C(\C(=O)NC1C(=O)N2C(C(=O)[O-])=C(C[n+]3cccc4c3ncn4CC(N)=O)CSC12)c1nsc(N)n1.[I-]. The molecule has 4 aliphatic heterocycles. The molecular formula is C61H70I2N20O15S4. The largest absolute Gasteiger partial charge is 1.00 e. The summed E-state index contributed by atoms with van der Waals surface area (Å²) in [5.74, 6) is -3.89. The maximum Gasteiger partial charge on any atom is 0.414 e. The number of carbonyl (C=O) groups is 9. The highest BCUT2D eigenvalue weighted by atomic mass is 127. The number of carboxylic acids is 1. The number of aliphatic carboxylic acids is 1. The summed E-state index contributed by atoms with van der Waals surface area (Å²) in [7, 11) is 1.56. The number of nitrogens with zero attached hydrogens (tertiary/aromatic N) is 14. The zero-order chi connectivity index (χ0) is 73.0. The molecule has 1 aromatic carbocycles. The molecule has 6 aromatic heterocycles. The number of rotatable bonds is 25. The van der Waals surface area contributed by atoms with Crippen LogP contribution in [-0.4, -0.2) is 177 Å². The molecule has 0 radical (unpaired) electrons. The number of hydrogen-bond donors (Lipinski definition) is 6.